The standard InChI is InChI=1S/2C12H18N2O.C2H2O4.2CNS.2Cu/c2*1-14(2)9-5-8-13-10-11-6-3-4-7-12(11)15;3-1(4)2(5)6;2*2-1-3;;/h2*3-4,6-7,10,15H,5,8-9H2,1-2H3;(H,3,4)(H,5,6);;;;/q;;;2*-1;2*+2/p-2. The van der Waals surface area contributed by atoms with Crippen molar-refractivity contribution in [2.24, 2.45) is 9.98 Å². The van der Waals surface area contributed by atoms with Gasteiger partial charge in [0.1, 0.15) is 0 Å². The van der Waals surface area contributed by atoms with E-state index in [1.54, 1.807) is 48.8 Å². The second-order valence-corrected chi connectivity index (χ2v) is 8.89. The monoisotopic (exact) mass is 742 g/mol. The molecule has 0 aliphatic heterocycles. The quantitative estimate of drug-likeness (QED) is 0.0855. The number of benzene rings is 2. The Balaban J connectivity index is -0.000000164. The number of thiocarbonyl (C=S) groups is 2. The van der Waals surface area contributed by atoms with Gasteiger partial charge in [-0.05, 0) is 11.1 Å². The van der Waals surface area contributed by atoms with Crippen LogP contribution in [0.4, 0.5) is 0 Å². The minimum absolute atomic E-state index is 0. The molecule has 2 aromatic carbocycles. The maximum Gasteiger partial charge on any atom is 2.00 e. The number of carbonyl (C=O) groups excluding carboxylic acids is 2. The molecule has 0 spiro atoms. The number of hydrogen-bond donors (Lipinski definition) is 2. The fourth-order valence-corrected chi connectivity index (χ4v) is 2.55. The van der Waals surface area contributed by atoms with Crippen LogP contribution in [0.3, 0.4) is 0 Å². The number of aliphatic imine (C=N–C) groups is 2. The number of quaternary nitrogens is 2. The molecule has 0 aliphatic rings. The van der Waals surface area contributed by atoms with Crippen LogP contribution in [-0.4, -0.2) is 89.1 Å². The predicted molar refractivity (Wildman–Crippen MR) is 163 cm³/mol. The normalized spacial score (nSPS) is 9.14. The summed E-state index contributed by atoms with van der Waals surface area (Å²) in [5, 5.41) is 57.4. The molecule has 0 saturated heterocycles. The first-order valence-electron chi connectivity index (χ1n) is 12.4. The van der Waals surface area contributed by atoms with Crippen LogP contribution < -0.4 is 30.2 Å². The fraction of sp³-hybridized carbons (Fsp3) is 0.357. The molecule has 16 heteroatoms. The van der Waals surface area contributed by atoms with Gasteiger partial charge in [-0.1, -0.05) is 73.0 Å². The summed E-state index contributed by atoms with van der Waals surface area (Å²) >= 11 is 7.40. The third kappa shape index (κ3) is 36.9. The van der Waals surface area contributed by atoms with Gasteiger partial charge in [-0.2, -0.15) is 10.3 Å². The van der Waals surface area contributed by atoms with E-state index >= 15 is 0 Å². The number of para-hydroxylation sites is 2. The summed E-state index contributed by atoms with van der Waals surface area (Å²) in [5.74, 6) is -4.29. The molecule has 0 aromatic heterocycles. The number of carboxylic acid groups (broad SMARTS) is 2. The van der Waals surface area contributed by atoms with Crippen LogP contribution in [0.25, 0.3) is 10.8 Å². The Morgan fingerprint density at radius 3 is 1.23 bits per heavy atom. The molecule has 0 saturated carbocycles. The summed E-state index contributed by atoms with van der Waals surface area (Å²) in [6.07, 6.45) is 5.46. The summed E-state index contributed by atoms with van der Waals surface area (Å²) < 4.78 is 0. The largest absolute Gasteiger partial charge is 2.00 e. The molecular weight excluding hydrogens is 708 g/mol. The number of carboxylic acids is 2. The zero-order valence-electron chi connectivity index (χ0n) is 24.7. The van der Waals surface area contributed by atoms with Gasteiger partial charge in [0.2, 0.25) is 0 Å². The number of rotatable bonds is 10. The molecule has 12 nitrogen and oxygen atoms in total. The van der Waals surface area contributed by atoms with Crippen LogP contribution in [-0.2, 0) is 43.7 Å². The van der Waals surface area contributed by atoms with E-state index in [1.807, 2.05) is 12.1 Å². The van der Waals surface area contributed by atoms with Gasteiger partial charge < -0.3 is 50.6 Å². The maximum atomic E-state index is 11.3. The second kappa shape index (κ2) is 36.1. The third-order valence-corrected chi connectivity index (χ3v) is 4.39. The average molecular weight is 744 g/mol. The molecule has 0 fully saturated rings. The third-order valence-electron chi connectivity index (χ3n) is 4.39. The van der Waals surface area contributed by atoms with Gasteiger partial charge in [0.25, 0.3) is 0 Å². The molecule has 2 aromatic rings. The molecule has 0 heterocycles. The zero-order chi connectivity index (χ0) is 32.8. The fourth-order valence-electron chi connectivity index (χ4n) is 2.55. The molecule has 0 aliphatic carbocycles. The topological polar surface area (TPSA) is 205 Å². The van der Waals surface area contributed by atoms with Crippen molar-refractivity contribution in [3.05, 3.63) is 70.5 Å². The number of carbonyl (C=O) groups is 2. The van der Waals surface area contributed by atoms with E-state index in [-0.39, 0.29) is 45.6 Å². The Hall–Kier alpha value is -3.12. The molecule has 2 rings (SSSR count). The molecule has 0 atom stereocenters. The van der Waals surface area contributed by atoms with Crippen LogP contribution in [0.5, 0.6) is 11.5 Å². The molecule has 0 amide bonds. The van der Waals surface area contributed by atoms with Crippen molar-refractivity contribution in [1.82, 2.24) is 0 Å². The van der Waals surface area contributed by atoms with Crippen LogP contribution in [0.1, 0.15) is 24.0 Å². The molecule has 2 N–H and O–H groups in total. The average Bonchev–Trinajstić information content (AvgIpc) is 2.91. The molecule has 0 bridgehead atoms. The number of isothiocyanates is 2. The van der Waals surface area contributed by atoms with E-state index in [1.165, 1.54) is 20.1 Å². The molecule has 0 unspecified atom stereocenters. The Kier molecular flexibility index (Phi) is 41.4. The van der Waals surface area contributed by atoms with E-state index in [9.17, 15) is 10.2 Å². The van der Waals surface area contributed by atoms with Crippen LogP contribution >= 0.6 is 24.4 Å². The molecule has 248 valence electrons. The summed E-state index contributed by atoms with van der Waals surface area (Å²) in [5.41, 5.74) is 1.35. The Bertz CT molecular complexity index is 1070. The van der Waals surface area contributed by atoms with Crippen LogP contribution in [0.2, 0.25) is 0 Å². The van der Waals surface area contributed by atoms with Gasteiger partial charge in [0.15, 0.2) is 0 Å². The van der Waals surface area contributed by atoms with E-state index in [4.69, 9.17) is 30.6 Å². The van der Waals surface area contributed by atoms with Gasteiger partial charge in [-0.25, -0.2) is 0 Å². The summed E-state index contributed by atoms with van der Waals surface area (Å²) in [4.78, 5) is 29.2. The minimum Gasteiger partial charge on any atom is -0.872 e. The van der Waals surface area contributed by atoms with E-state index < -0.39 is 11.9 Å². The van der Waals surface area contributed by atoms with Crippen molar-refractivity contribution in [3.8, 4) is 11.5 Å². The Morgan fingerprint density at radius 2 is 1.00 bits per heavy atom. The zero-order valence-corrected chi connectivity index (χ0v) is 28.2. The van der Waals surface area contributed by atoms with Crippen molar-refractivity contribution in [3.63, 3.8) is 0 Å². The maximum absolute atomic E-state index is 11.3. The van der Waals surface area contributed by atoms with Crippen LogP contribution in [0, 0.1) is 0 Å². The van der Waals surface area contributed by atoms with Crippen molar-refractivity contribution in [2.75, 3.05) is 54.4 Å². The smallest absolute Gasteiger partial charge is 0.872 e. The van der Waals surface area contributed by atoms with Gasteiger partial charge >= 0.3 is 34.1 Å². The Morgan fingerprint density at radius 1 is 0.727 bits per heavy atom. The minimum atomic E-state index is -2.19. The van der Waals surface area contributed by atoms with Crippen LogP contribution in [0.15, 0.2) is 58.5 Å². The van der Waals surface area contributed by atoms with E-state index in [0.29, 0.717) is 11.1 Å². The predicted octanol–water partition coefficient (Wildman–Crippen LogP) is -2.77. The van der Waals surface area contributed by atoms with Gasteiger partial charge in [0.05, 0.1) is 53.2 Å². The van der Waals surface area contributed by atoms with Gasteiger partial charge in [0, 0.05) is 38.4 Å². The molecule has 44 heavy (non-hydrogen) atoms. The van der Waals surface area contributed by atoms with Gasteiger partial charge in [-0.15, -0.1) is 11.5 Å². The number of nitrogens with one attached hydrogen (secondary N) is 2. The first kappa shape index (κ1) is 50.5. The molecule has 2 radical (unpaired) electrons. The summed E-state index contributed by atoms with van der Waals surface area (Å²) in [7, 11) is 8.49. The summed E-state index contributed by atoms with van der Waals surface area (Å²) in [6, 6.07) is 13.9. The number of aliphatic carboxylic acids is 2. The van der Waals surface area contributed by atoms with Crippen molar-refractivity contribution in [2.45, 2.75) is 12.8 Å². The van der Waals surface area contributed by atoms with E-state index in [2.05, 4.69) is 62.6 Å². The van der Waals surface area contributed by atoms with E-state index in [0.717, 1.165) is 39.0 Å². The SMILES string of the molecule is C[NH+](C)CCCN=Cc1ccccc1[O-].C[NH+](C)CCCN=Cc1ccccc1[O-].O=C([O-])C(=O)[O-].[Cu+2].[Cu+2].[N-]=C=S.[N-]=C=S. The van der Waals surface area contributed by atoms with Crippen molar-refractivity contribution < 1.29 is 74.0 Å². The first-order valence-corrected chi connectivity index (χ1v) is 13.2. The van der Waals surface area contributed by atoms with Gasteiger partial charge in [-0.3, -0.25) is 9.98 Å². The number of hydrogen-bond acceptors (Lipinski definition) is 10. The Labute approximate surface area is 290 Å². The summed E-state index contributed by atoms with van der Waals surface area (Å²) in [6.45, 7) is 3.80. The van der Waals surface area contributed by atoms with Crippen molar-refractivity contribution >= 4 is 59.1 Å². The van der Waals surface area contributed by atoms with Crippen molar-refractivity contribution in [1.29, 1.82) is 0 Å². The first-order chi connectivity index (χ1) is 19.9. The number of nitrogens with zero attached hydrogens (tertiary/aromatic N) is 4. The molecular formula is C28H36Cu2N6O6S2. The second-order valence-electron chi connectivity index (χ2n) is 8.53.